The van der Waals surface area contributed by atoms with E-state index in [0.717, 1.165) is 0 Å². The number of halogens is 9. The van der Waals surface area contributed by atoms with Crippen LogP contribution in [0.15, 0.2) is 0 Å². The molecule has 1 rings (SSSR count). The number of rotatable bonds is 0. The van der Waals surface area contributed by atoms with Crippen LogP contribution in [0.4, 0.5) is 39.5 Å². The van der Waals surface area contributed by atoms with Gasteiger partial charge in [0, 0.05) is 0 Å². The Morgan fingerprint density at radius 1 is 0.706 bits per heavy atom. The first-order valence-corrected chi connectivity index (χ1v) is 3.90. The van der Waals surface area contributed by atoms with E-state index >= 15 is 0 Å². The standard InChI is InChI=1S/C7H3F9O/c1-3(8)2(17)4(9,10)6(13,14)7(15,16)5(3,11)12/h1H3. The summed E-state index contributed by atoms with van der Waals surface area (Å²) in [6, 6.07) is 0. The van der Waals surface area contributed by atoms with E-state index < -0.39 is 42.1 Å². The van der Waals surface area contributed by atoms with Crippen LogP contribution in [0.25, 0.3) is 0 Å². The third-order valence-corrected chi connectivity index (χ3v) is 2.48. The second kappa shape index (κ2) is 2.89. The zero-order valence-corrected chi connectivity index (χ0v) is 7.81. The van der Waals surface area contributed by atoms with Crippen LogP contribution in [0.1, 0.15) is 6.92 Å². The summed E-state index contributed by atoms with van der Waals surface area (Å²) in [5, 5.41) is 0. The van der Waals surface area contributed by atoms with E-state index in [2.05, 4.69) is 0 Å². The van der Waals surface area contributed by atoms with Crippen LogP contribution in [0.5, 0.6) is 0 Å². The van der Waals surface area contributed by atoms with E-state index in [1.807, 2.05) is 0 Å². The monoisotopic (exact) mass is 274 g/mol. The van der Waals surface area contributed by atoms with Gasteiger partial charge in [0.2, 0.25) is 5.67 Å². The topological polar surface area (TPSA) is 17.1 Å². The van der Waals surface area contributed by atoms with Gasteiger partial charge in [0.15, 0.2) is 0 Å². The average Bonchev–Trinajstić information content (AvgIpc) is 2.13. The van der Waals surface area contributed by atoms with Crippen molar-refractivity contribution in [3.05, 3.63) is 0 Å². The number of ketones is 1. The Morgan fingerprint density at radius 2 is 1.06 bits per heavy atom. The minimum absolute atomic E-state index is 0.591. The molecule has 0 aromatic rings. The first-order valence-electron chi connectivity index (χ1n) is 3.90. The van der Waals surface area contributed by atoms with Crippen molar-refractivity contribution in [3.8, 4) is 0 Å². The molecule has 0 saturated heterocycles. The lowest BCUT2D eigenvalue weighted by atomic mass is 9.75. The number of Topliss-reactive ketones (excluding diaryl/α,β-unsaturated/α-hetero) is 1. The predicted octanol–water partition coefficient (Wildman–Crippen LogP) is 2.84. The van der Waals surface area contributed by atoms with Gasteiger partial charge >= 0.3 is 23.7 Å². The second-order valence-corrected chi connectivity index (χ2v) is 3.63. The third kappa shape index (κ3) is 1.16. The highest BCUT2D eigenvalue weighted by atomic mass is 19.4. The maximum Gasteiger partial charge on any atom is 0.385 e. The van der Waals surface area contributed by atoms with E-state index in [1.54, 1.807) is 0 Å². The minimum Gasteiger partial charge on any atom is -0.289 e. The van der Waals surface area contributed by atoms with Gasteiger partial charge in [0.25, 0.3) is 5.78 Å². The molecule has 1 saturated carbocycles. The van der Waals surface area contributed by atoms with Gasteiger partial charge in [-0.05, 0) is 6.92 Å². The molecule has 1 fully saturated rings. The maximum absolute atomic E-state index is 13.0. The summed E-state index contributed by atoms with van der Waals surface area (Å²) in [7, 11) is 0. The molecule has 1 nitrogen and oxygen atoms in total. The zero-order chi connectivity index (χ0) is 14.1. The molecule has 0 heterocycles. The largest absolute Gasteiger partial charge is 0.385 e. The Kier molecular flexibility index (Phi) is 2.40. The Morgan fingerprint density at radius 3 is 1.41 bits per heavy atom. The first kappa shape index (κ1) is 14.1. The molecule has 0 aliphatic heterocycles. The molecule has 1 aliphatic rings. The molecule has 0 aromatic carbocycles. The van der Waals surface area contributed by atoms with Crippen molar-refractivity contribution in [1.29, 1.82) is 0 Å². The number of hydrogen-bond donors (Lipinski definition) is 0. The van der Waals surface area contributed by atoms with E-state index in [-0.39, 0.29) is 0 Å². The van der Waals surface area contributed by atoms with Gasteiger partial charge in [-0.3, -0.25) is 4.79 Å². The summed E-state index contributed by atoms with van der Waals surface area (Å²) < 4.78 is 114. The fourth-order valence-corrected chi connectivity index (χ4v) is 1.27. The summed E-state index contributed by atoms with van der Waals surface area (Å²) in [5.74, 6) is -29.4. The SMILES string of the molecule is CC1(F)C(=O)C(F)(F)C(F)(F)C(F)(F)C1(F)F. The Labute approximate surface area is 87.6 Å². The molecule has 100 valence electrons. The molecule has 17 heavy (non-hydrogen) atoms. The van der Waals surface area contributed by atoms with Crippen LogP contribution in [0.2, 0.25) is 0 Å². The van der Waals surface area contributed by atoms with Crippen molar-refractivity contribution >= 4 is 5.78 Å². The van der Waals surface area contributed by atoms with Crippen molar-refractivity contribution < 1.29 is 44.3 Å². The molecule has 10 heteroatoms. The van der Waals surface area contributed by atoms with Crippen molar-refractivity contribution in [2.75, 3.05) is 0 Å². The average molecular weight is 274 g/mol. The predicted molar refractivity (Wildman–Crippen MR) is 34.3 cm³/mol. The first-order chi connectivity index (χ1) is 7.15. The van der Waals surface area contributed by atoms with Crippen LogP contribution >= 0.6 is 0 Å². The molecular formula is C7H3F9O. The van der Waals surface area contributed by atoms with Crippen LogP contribution in [0.3, 0.4) is 0 Å². The van der Waals surface area contributed by atoms with Crippen LogP contribution in [-0.2, 0) is 4.79 Å². The van der Waals surface area contributed by atoms with Gasteiger partial charge in [-0.25, -0.2) is 4.39 Å². The van der Waals surface area contributed by atoms with Gasteiger partial charge in [0.05, 0.1) is 0 Å². The number of alkyl halides is 9. The van der Waals surface area contributed by atoms with Gasteiger partial charge in [-0.1, -0.05) is 0 Å². The van der Waals surface area contributed by atoms with E-state index in [0.29, 0.717) is 0 Å². The highest BCUT2D eigenvalue weighted by Crippen LogP contribution is 2.62. The van der Waals surface area contributed by atoms with Gasteiger partial charge in [-0.15, -0.1) is 0 Å². The molecular weight excluding hydrogens is 271 g/mol. The summed E-state index contributed by atoms with van der Waals surface area (Å²) in [4.78, 5) is 10.5. The normalized spacial score (nSPS) is 37.9. The smallest absolute Gasteiger partial charge is 0.289 e. The second-order valence-electron chi connectivity index (χ2n) is 3.63. The van der Waals surface area contributed by atoms with Crippen LogP contribution in [0, 0.1) is 0 Å². The molecule has 0 amide bonds. The summed E-state index contributed by atoms with van der Waals surface area (Å²) in [6.07, 6.45) is 0. The van der Waals surface area contributed by atoms with E-state index in [9.17, 15) is 44.3 Å². The van der Waals surface area contributed by atoms with Gasteiger partial charge in [0.1, 0.15) is 0 Å². The fraction of sp³-hybridized carbons (Fsp3) is 0.857. The molecule has 1 unspecified atom stereocenters. The van der Waals surface area contributed by atoms with Crippen molar-refractivity contribution in [1.82, 2.24) is 0 Å². The lowest BCUT2D eigenvalue weighted by Gasteiger charge is -2.46. The number of hydrogen-bond acceptors (Lipinski definition) is 1. The molecule has 0 bridgehead atoms. The van der Waals surface area contributed by atoms with Crippen molar-refractivity contribution in [3.63, 3.8) is 0 Å². The molecule has 0 radical (unpaired) electrons. The van der Waals surface area contributed by atoms with Crippen molar-refractivity contribution in [2.45, 2.75) is 36.3 Å². The zero-order valence-electron chi connectivity index (χ0n) is 7.81. The van der Waals surface area contributed by atoms with E-state index in [4.69, 9.17) is 0 Å². The van der Waals surface area contributed by atoms with Crippen molar-refractivity contribution in [2.24, 2.45) is 0 Å². The van der Waals surface area contributed by atoms with E-state index in [1.165, 1.54) is 0 Å². The fourth-order valence-electron chi connectivity index (χ4n) is 1.27. The molecule has 0 aromatic heterocycles. The molecule has 1 aliphatic carbocycles. The van der Waals surface area contributed by atoms with Gasteiger partial charge in [-0.2, -0.15) is 35.1 Å². The Hall–Kier alpha value is -0.960. The summed E-state index contributed by atoms with van der Waals surface area (Å²) in [6.45, 7) is -0.591. The summed E-state index contributed by atoms with van der Waals surface area (Å²) >= 11 is 0. The maximum atomic E-state index is 13.0. The third-order valence-electron chi connectivity index (χ3n) is 2.48. The number of carbonyl (C=O) groups excluding carboxylic acids is 1. The van der Waals surface area contributed by atoms with Gasteiger partial charge < -0.3 is 0 Å². The number of carbonyl (C=O) groups is 1. The Balaban J connectivity index is 3.62. The highest BCUT2D eigenvalue weighted by molar-refractivity contribution is 5.96. The molecule has 1 atom stereocenters. The lowest BCUT2D eigenvalue weighted by molar-refractivity contribution is -0.395. The lowest BCUT2D eigenvalue weighted by Crippen LogP contribution is -2.78. The van der Waals surface area contributed by atoms with Crippen LogP contribution in [-0.4, -0.2) is 35.1 Å². The molecule has 0 spiro atoms. The Bertz CT molecular complexity index is 338. The van der Waals surface area contributed by atoms with Crippen LogP contribution < -0.4 is 0 Å². The summed E-state index contributed by atoms with van der Waals surface area (Å²) in [5.41, 5.74) is -5.10. The quantitative estimate of drug-likeness (QED) is 0.621. The molecule has 0 N–H and O–H groups in total. The minimum atomic E-state index is -6.69. The highest BCUT2D eigenvalue weighted by Gasteiger charge is 2.93.